The molecule has 1 unspecified atom stereocenters. The molecule has 1 N–H and O–H groups in total. The number of aryl methyl sites for hydroxylation is 1. The lowest BCUT2D eigenvalue weighted by atomic mass is 10.1. The topological polar surface area (TPSA) is 38.3 Å². The molecule has 0 fully saturated rings. The minimum absolute atomic E-state index is 0.0789. The fraction of sp³-hybridized carbons (Fsp3) is 0.294. The lowest BCUT2D eigenvalue weighted by Gasteiger charge is -2.13. The van der Waals surface area contributed by atoms with Crippen LogP contribution < -0.4 is 5.32 Å². The van der Waals surface area contributed by atoms with Crippen molar-refractivity contribution in [3.63, 3.8) is 0 Å². The molecule has 3 rings (SSSR count). The van der Waals surface area contributed by atoms with Gasteiger partial charge in [-0.05, 0) is 56.3 Å². The van der Waals surface area contributed by atoms with Gasteiger partial charge in [-0.15, -0.1) is 0 Å². The molecule has 0 aliphatic heterocycles. The molecular weight excluding hydrogens is 286 g/mol. The van der Waals surface area contributed by atoms with Crippen molar-refractivity contribution in [2.24, 2.45) is 0 Å². The number of hydrogen-bond acceptors (Lipinski definition) is 3. The average molecular weight is 304 g/mol. The van der Waals surface area contributed by atoms with Crippen LogP contribution in [0.3, 0.4) is 0 Å². The van der Waals surface area contributed by atoms with E-state index in [0.29, 0.717) is 5.02 Å². The van der Waals surface area contributed by atoms with Crippen LogP contribution in [0.2, 0.25) is 5.02 Å². The Balaban J connectivity index is 2.00. The number of nitrogens with one attached hydrogen (secondary N) is 1. The summed E-state index contributed by atoms with van der Waals surface area (Å²) in [5.41, 5.74) is 0.834. The van der Waals surface area contributed by atoms with Crippen molar-refractivity contribution in [1.82, 2.24) is 5.32 Å². The third-order valence-electron chi connectivity index (χ3n) is 3.43. The molecule has 1 aromatic carbocycles. The maximum atomic E-state index is 6.04. The molecule has 0 saturated carbocycles. The highest BCUT2D eigenvalue weighted by Gasteiger charge is 2.21. The molecule has 110 valence electrons. The van der Waals surface area contributed by atoms with Gasteiger partial charge in [0.15, 0.2) is 0 Å². The van der Waals surface area contributed by atoms with Crippen LogP contribution in [0.5, 0.6) is 0 Å². The SMILES string of the molecule is CCCNC(c1ccc(C)o1)c1cc2cc(Cl)ccc2o1. The van der Waals surface area contributed by atoms with Gasteiger partial charge >= 0.3 is 0 Å². The van der Waals surface area contributed by atoms with E-state index in [1.54, 1.807) is 0 Å². The van der Waals surface area contributed by atoms with E-state index in [1.807, 2.05) is 43.3 Å². The molecule has 3 nitrogen and oxygen atoms in total. The largest absolute Gasteiger partial charge is 0.464 e. The minimum Gasteiger partial charge on any atom is -0.464 e. The first-order chi connectivity index (χ1) is 10.2. The third-order valence-corrected chi connectivity index (χ3v) is 3.66. The van der Waals surface area contributed by atoms with Crippen LogP contribution in [0.1, 0.15) is 36.7 Å². The molecule has 0 saturated heterocycles. The summed E-state index contributed by atoms with van der Waals surface area (Å²) in [6.07, 6.45) is 1.04. The number of fused-ring (bicyclic) bond motifs is 1. The Morgan fingerprint density at radius 3 is 2.67 bits per heavy atom. The molecule has 0 spiro atoms. The first kappa shape index (κ1) is 14.2. The second-order valence-corrected chi connectivity index (χ2v) is 5.60. The van der Waals surface area contributed by atoms with Gasteiger partial charge in [0, 0.05) is 10.4 Å². The lowest BCUT2D eigenvalue weighted by Crippen LogP contribution is -2.22. The molecule has 0 radical (unpaired) electrons. The Labute approximate surface area is 128 Å². The van der Waals surface area contributed by atoms with Crippen LogP contribution in [-0.2, 0) is 0 Å². The molecule has 2 aromatic heterocycles. The van der Waals surface area contributed by atoms with Crippen LogP contribution in [-0.4, -0.2) is 6.54 Å². The lowest BCUT2D eigenvalue weighted by molar-refractivity contribution is 0.390. The van der Waals surface area contributed by atoms with Gasteiger partial charge in [0.1, 0.15) is 28.9 Å². The molecule has 0 aliphatic rings. The highest BCUT2D eigenvalue weighted by molar-refractivity contribution is 6.31. The zero-order valence-electron chi connectivity index (χ0n) is 12.2. The van der Waals surface area contributed by atoms with Crippen molar-refractivity contribution in [3.8, 4) is 0 Å². The van der Waals surface area contributed by atoms with Crippen molar-refractivity contribution in [2.45, 2.75) is 26.3 Å². The molecule has 2 heterocycles. The molecule has 0 aliphatic carbocycles. The third kappa shape index (κ3) is 2.99. The maximum Gasteiger partial charge on any atom is 0.134 e. The second-order valence-electron chi connectivity index (χ2n) is 5.17. The minimum atomic E-state index is -0.0789. The molecule has 0 bridgehead atoms. The van der Waals surface area contributed by atoms with Gasteiger partial charge in [0.25, 0.3) is 0 Å². The van der Waals surface area contributed by atoms with Gasteiger partial charge in [0.2, 0.25) is 0 Å². The standard InChI is InChI=1S/C17H18ClNO2/c1-3-8-19-17(15-6-4-11(2)20-15)16-10-12-9-13(18)5-7-14(12)21-16/h4-7,9-10,17,19H,3,8H2,1-2H3. The highest BCUT2D eigenvalue weighted by Crippen LogP contribution is 2.30. The van der Waals surface area contributed by atoms with Crippen LogP contribution in [0.15, 0.2) is 45.2 Å². The van der Waals surface area contributed by atoms with E-state index < -0.39 is 0 Å². The van der Waals surface area contributed by atoms with Crippen molar-refractivity contribution in [1.29, 1.82) is 0 Å². The quantitative estimate of drug-likeness (QED) is 0.714. The van der Waals surface area contributed by atoms with Crippen molar-refractivity contribution >= 4 is 22.6 Å². The van der Waals surface area contributed by atoms with Crippen molar-refractivity contribution in [2.75, 3.05) is 6.54 Å². The van der Waals surface area contributed by atoms with E-state index in [0.717, 1.165) is 41.2 Å². The van der Waals surface area contributed by atoms with Gasteiger partial charge in [-0.2, -0.15) is 0 Å². The Morgan fingerprint density at radius 1 is 1.10 bits per heavy atom. The number of benzene rings is 1. The Kier molecular flexibility index (Phi) is 4.04. The van der Waals surface area contributed by atoms with Crippen LogP contribution in [0.25, 0.3) is 11.0 Å². The summed E-state index contributed by atoms with van der Waals surface area (Å²) < 4.78 is 11.7. The Morgan fingerprint density at radius 2 is 1.95 bits per heavy atom. The summed E-state index contributed by atoms with van der Waals surface area (Å²) in [6.45, 7) is 4.97. The van der Waals surface area contributed by atoms with E-state index in [2.05, 4.69) is 12.2 Å². The van der Waals surface area contributed by atoms with Crippen LogP contribution in [0, 0.1) is 6.92 Å². The van der Waals surface area contributed by atoms with Gasteiger partial charge in [-0.25, -0.2) is 0 Å². The number of hydrogen-bond donors (Lipinski definition) is 1. The van der Waals surface area contributed by atoms with E-state index in [4.69, 9.17) is 20.4 Å². The first-order valence-corrected chi connectivity index (χ1v) is 7.54. The predicted octanol–water partition coefficient (Wildman–Crippen LogP) is 5.08. The molecule has 21 heavy (non-hydrogen) atoms. The number of furan rings is 2. The fourth-order valence-corrected chi connectivity index (χ4v) is 2.60. The molecule has 1 atom stereocenters. The molecular formula is C17H18ClNO2. The zero-order chi connectivity index (χ0) is 14.8. The molecule has 4 heteroatoms. The highest BCUT2D eigenvalue weighted by atomic mass is 35.5. The summed E-state index contributed by atoms with van der Waals surface area (Å²) in [5.74, 6) is 2.61. The van der Waals surface area contributed by atoms with Crippen molar-refractivity contribution in [3.05, 3.63) is 58.7 Å². The van der Waals surface area contributed by atoms with Gasteiger partial charge < -0.3 is 14.2 Å². The van der Waals surface area contributed by atoms with Crippen LogP contribution >= 0.6 is 11.6 Å². The van der Waals surface area contributed by atoms with Gasteiger partial charge in [-0.1, -0.05) is 18.5 Å². The van der Waals surface area contributed by atoms with Gasteiger partial charge in [-0.3, -0.25) is 0 Å². The zero-order valence-corrected chi connectivity index (χ0v) is 12.9. The molecule has 3 aromatic rings. The monoisotopic (exact) mass is 303 g/mol. The number of rotatable bonds is 5. The second kappa shape index (κ2) is 5.96. The Hall–Kier alpha value is -1.71. The van der Waals surface area contributed by atoms with E-state index in [-0.39, 0.29) is 6.04 Å². The fourth-order valence-electron chi connectivity index (χ4n) is 2.42. The summed E-state index contributed by atoms with van der Waals surface area (Å²) in [5, 5.41) is 5.18. The Bertz CT molecular complexity index is 744. The summed E-state index contributed by atoms with van der Waals surface area (Å²) >= 11 is 6.04. The van der Waals surface area contributed by atoms with E-state index >= 15 is 0 Å². The predicted molar refractivity (Wildman–Crippen MR) is 84.8 cm³/mol. The van der Waals surface area contributed by atoms with E-state index in [9.17, 15) is 0 Å². The van der Waals surface area contributed by atoms with Crippen LogP contribution in [0.4, 0.5) is 0 Å². The van der Waals surface area contributed by atoms with E-state index in [1.165, 1.54) is 0 Å². The summed E-state index contributed by atoms with van der Waals surface area (Å²) in [7, 11) is 0. The average Bonchev–Trinajstić information content (AvgIpc) is 3.05. The molecule has 0 amide bonds. The summed E-state index contributed by atoms with van der Waals surface area (Å²) in [4.78, 5) is 0. The first-order valence-electron chi connectivity index (χ1n) is 7.16. The number of halogens is 1. The maximum absolute atomic E-state index is 6.04. The normalized spacial score (nSPS) is 12.9. The van der Waals surface area contributed by atoms with Gasteiger partial charge in [0.05, 0.1) is 0 Å². The smallest absolute Gasteiger partial charge is 0.134 e. The van der Waals surface area contributed by atoms with Crippen molar-refractivity contribution < 1.29 is 8.83 Å². The summed E-state index contributed by atoms with van der Waals surface area (Å²) in [6, 6.07) is 11.5.